The number of ketones is 1. The molecule has 0 aliphatic rings. The molecule has 176 valence electrons. The largest absolute Gasteiger partial charge is 0.351 e. The van der Waals surface area contributed by atoms with E-state index in [2.05, 4.69) is 20.5 Å². The summed E-state index contributed by atoms with van der Waals surface area (Å²) in [5.74, 6) is -0.115. The van der Waals surface area contributed by atoms with Gasteiger partial charge in [-0.05, 0) is 48.4 Å². The third kappa shape index (κ3) is 4.48. The number of carbonyl (C=O) groups excluding carboxylic acids is 2. The number of carbonyl (C=O) groups is 2. The van der Waals surface area contributed by atoms with Crippen LogP contribution >= 0.6 is 34.5 Å². The Kier molecular flexibility index (Phi) is 6.42. The molecular formula is C25H19Cl2N5O2S. The quantitative estimate of drug-likeness (QED) is 0.262. The highest BCUT2D eigenvalue weighted by Crippen LogP contribution is 2.33. The number of H-pyrrole nitrogens is 1. The van der Waals surface area contributed by atoms with Crippen molar-refractivity contribution in [3.63, 3.8) is 0 Å². The molecule has 0 saturated carbocycles. The van der Waals surface area contributed by atoms with Crippen LogP contribution in [0.5, 0.6) is 0 Å². The number of hydrogen-bond donors (Lipinski definition) is 2. The molecule has 2 aromatic carbocycles. The van der Waals surface area contributed by atoms with Gasteiger partial charge in [-0.2, -0.15) is 0 Å². The first-order valence-electron chi connectivity index (χ1n) is 10.8. The molecule has 0 fully saturated rings. The topological polar surface area (TPSA) is 92.7 Å². The molecule has 10 heteroatoms. The van der Waals surface area contributed by atoms with Gasteiger partial charge in [0.15, 0.2) is 11.6 Å². The average molecular weight is 524 g/mol. The number of thiophene rings is 1. The Bertz CT molecular complexity index is 1540. The Labute approximate surface area is 214 Å². The van der Waals surface area contributed by atoms with Crippen LogP contribution in [0.15, 0.2) is 60.7 Å². The van der Waals surface area contributed by atoms with Crippen LogP contribution in [-0.4, -0.2) is 31.4 Å². The van der Waals surface area contributed by atoms with Gasteiger partial charge in [0, 0.05) is 21.3 Å². The minimum atomic E-state index is -0.292. The maximum atomic E-state index is 13.4. The number of aromatic nitrogens is 4. The summed E-state index contributed by atoms with van der Waals surface area (Å²) in [6, 6.07) is 18.2. The van der Waals surface area contributed by atoms with Gasteiger partial charge >= 0.3 is 0 Å². The molecule has 3 heterocycles. The Morgan fingerprint density at radius 1 is 1.03 bits per heavy atom. The zero-order valence-corrected chi connectivity index (χ0v) is 20.8. The van der Waals surface area contributed by atoms with Crippen LogP contribution < -0.4 is 5.32 Å². The summed E-state index contributed by atoms with van der Waals surface area (Å²) in [7, 11) is 0. The minimum Gasteiger partial charge on any atom is -0.351 e. The normalized spacial score (nSPS) is 11.2. The van der Waals surface area contributed by atoms with E-state index in [-0.39, 0.29) is 23.5 Å². The molecule has 3 aromatic heterocycles. The Morgan fingerprint density at radius 2 is 1.80 bits per heavy atom. The Balaban J connectivity index is 1.46. The zero-order valence-electron chi connectivity index (χ0n) is 18.5. The Hall–Kier alpha value is -3.46. The molecule has 0 saturated heterocycles. The van der Waals surface area contributed by atoms with E-state index in [4.69, 9.17) is 23.2 Å². The van der Waals surface area contributed by atoms with Crippen molar-refractivity contribution >= 4 is 57.1 Å². The highest BCUT2D eigenvalue weighted by molar-refractivity contribution is 7.15. The molecule has 5 aromatic rings. The monoisotopic (exact) mass is 523 g/mol. The molecule has 0 spiro atoms. The highest BCUT2D eigenvalue weighted by Gasteiger charge is 2.24. The van der Waals surface area contributed by atoms with Gasteiger partial charge in [-0.15, -0.1) is 21.5 Å². The first kappa shape index (κ1) is 23.3. The van der Waals surface area contributed by atoms with Gasteiger partial charge in [0.2, 0.25) is 5.28 Å². The molecule has 0 atom stereocenters. The van der Waals surface area contributed by atoms with Gasteiger partial charge < -0.3 is 10.3 Å². The van der Waals surface area contributed by atoms with Crippen LogP contribution in [0.4, 0.5) is 0 Å². The Morgan fingerprint density at radius 3 is 2.57 bits per heavy atom. The lowest BCUT2D eigenvalue weighted by Gasteiger charge is -2.10. The van der Waals surface area contributed by atoms with E-state index < -0.39 is 0 Å². The van der Waals surface area contributed by atoms with Gasteiger partial charge in [-0.3, -0.25) is 14.2 Å². The van der Waals surface area contributed by atoms with Gasteiger partial charge in [-0.1, -0.05) is 48.9 Å². The van der Waals surface area contributed by atoms with Crippen LogP contribution in [0, 0.1) is 0 Å². The molecule has 0 unspecified atom stereocenters. The number of nitrogens with zero attached hydrogens (tertiary/aromatic N) is 3. The van der Waals surface area contributed by atoms with E-state index >= 15 is 0 Å². The van der Waals surface area contributed by atoms with E-state index in [9.17, 15) is 9.59 Å². The SMILES string of the molecule is CCc1cc(C(=O)c2ccccc2Cl)c(-n2c(Cl)nnc2CNC(=O)c2cc3ccccc3[nH]2)s1. The van der Waals surface area contributed by atoms with Gasteiger partial charge in [0.1, 0.15) is 10.7 Å². The predicted molar refractivity (Wildman–Crippen MR) is 138 cm³/mol. The van der Waals surface area contributed by atoms with E-state index in [0.717, 1.165) is 22.2 Å². The molecule has 0 aliphatic heterocycles. The van der Waals surface area contributed by atoms with Crippen molar-refractivity contribution in [3.8, 4) is 5.00 Å². The van der Waals surface area contributed by atoms with E-state index in [1.165, 1.54) is 11.3 Å². The highest BCUT2D eigenvalue weighted by atomic mass is 35.5. The standard InChI is InChI=1S/C25H19Cl2N5O2S/c1-2-15-12-17(22(33)16-8-4-5-9-18(16)26)24(35-15)32-21(30-31-25(32)27)13-28-23(34)20-11-14-7-3-6-10-19(14)29-20/h3-12,29H,2,13H2,1H3,(H,28,34). The van der Waals surface area contributed by atoms with Crippen molar-refractivity contribution in [1.82, 2.24) is 25.1 Å². The minimum absolute atomic E-state index is 0.0625. The van der Waals surface area contributed by atoms with Crippen molar-refractivity contribution in [2.75, 3.05) is 0 Å². The fraction of sp³-hybridized carbons (Fsp3) is 0.120. The number of aryl methyl sites for hydroxylation is 1. The third-order valence-corrected chi connectivity index (χ3v) is 7.39. The van der Waals surface area contributed by atoms with Crippen LogP contribution in [0.2, 0.25) is 10.3 Å². The number of nitrogens with one attached hydrogen (secondary N) is 2. The summed E-state index contributed by atoms with van der Waals surface area (Å²) >= 11 is 14.1. The van der Waals surface area contributed by atoms with Crippen LogP contribution in [0.1, 0.15) is 44.0 Å². The summed E-state index contributed by atoms with van der Waals surface area (Å²) in [5, 5.41) is 13.0. The number of benzene rings is 2. The average Bonchev–Trinajstić information content (AvgIpc) is 3.58. The smallest absolute Gasteiger partial charge is 0.268 e. The van der Waals surface area contributed by atoms with Gasteiger partial charge in [-0.25, -0.2) is 0 Å². The summed E-state index contributed by atoms with van der Waals surface area (Å²) in [4.78, 5) is 30.3. The van der Waals surface area contributed by atoms with Gasteiger partial charge in [0.25, 0.3) is 5.91 Å². The van der Waals surface area contributed by atoms with Crippen molar-refractivity contribution < 1.29 is 9.59 Å². The van der Waals surface area contributed by atoms with E-state index in [1.54, 1.807) is 34.9 Å². The molecule has 0 aliphatic carbocycles. The maximum Gasteiger partial charge on any atom is 0.268 e. The summed E-state index contributed by atoms with van der Waals surface area (Å²) < 4.78 is 1.60. The predicted octanol–water partition coefficient (Wildman–Crippen LogP) is 5.84. The van der Waals surface area contributed by atoms with Gasteiger partial charge in [0.05, 0.1) is 17.1 Å². The lowest BCUT2D eigenvalue weighted by molar-refractivity contribution is 0.0944. The summed E-state index contributed by atoms with van der Waals surface area (Å²) in [6.45, 7) is 2.07. The molecule has 2 N–H and O–H groups in total. The molecule has 5 rings (SSSR count). The number of amides is 1. The van der Waals surface area contributed by atoms with E-state index in [1.807, 2.05) is 37.3 Å². The molecule has 0 bridgehead atoms. The van der Waals surface area contributed by atoms with Crippen LogP contribution in [0.25, 0.3) is 15.9 Å². The van der Waals surface area contributed by atoms with Crippen LogP contribution in [0.3, 0.4) is 0 Å². The first-order valence-corrected chi connectivity index (χ1v) is 12.4. The van der Waals surface area contributed by atoms with Crippen LogP contribution in [-0.2, 0) is 13.0 Å². The molecular weight excluding hydrogens is 505 g/mol. The number of fused-ring (bicyclic) bond motifs is 1. The second-order valence-corrected chi connectivity index (χ2v) is 9.63. The number of para-hydroxylation sites is 1. The first-order chi connectivity index (χ1) is 17.0. The van der Waals surface area contributed by atoms with E-state index in [0.29, 0.717) is 32.7 Å². The lowest BCUT2D eigenvalue weighted by Crippen LogP contribution is -2.25. The van der Waals surface area contributed by atoms with Crippen molar-refractivity contribution in [1.29, 1.82) is 0 Å². The molecule has 7 nitrogen and oxygen atoms in total. The summed E-state index contributed by atoms with van der Waals surface area (Å²) in [5.41, 5.74) is 2.15. The second kappa shape index (κ2) is 9.65. The number of rotatable bonds is 7. The second-order valence-electron chi connectivity index (χ2n) is 7.77. The van der Waals surface area contributed by atoms with Crippen molar-refractivity contribution in [2.45, 2.75) is 19.9 Å². The number of aromatic amines is 1. The van der Waals surface area contributed by atoms with Crippen molar-refractivity contribution in [3.05, 3.63) is 98.5 Å². The zero-order chi connectivity index (χ0) is 24.5. The third-order valence-electron chi connectivity index (χ3n) is 5.55. The fourth-order valence-corrected chi connectivity index (χ4v) is 5.39. The number of halogens is 2. The lowest BCUT2D eigenvalue weighted by atomic mass is 10.0. The number of hydrogen-bond acceptors (Lipinski definition) is 5. The maximum absolute atomic E-state index is 13.4. The molecule has 0 radical (unpaired) electrons. The molecule has 1 amide bonds. The van der Waals surface area contributed by atoms with Crippen molar-refractivity contribution in [2.24, 2.45) is 0 Å². The summed E-state index contributed by atoms with van der Waals surface area (Å²) in [6.07, 6.45) is 0.736. The fourth-order valence-electron chi connectivity index (χ4n) is 3.79. The molecule has 35 heavy (non-hydrogen) atoms.